The Hall–Kier alpha value is -1.80. The average Bonchev–Trinajstić information content (AvgIpc) is 3.00. The largest absolute Gasteiger partial charge is 0.481 e. The van der Waals surface area contributed by atoms with Crippen molar-refractivity contribution in [1.29, 1.82) is 0 Å². The van der Waals surface area contributed by atoms with Crippen molar-refractivity contribution in [2.75, 3.05) is 11.1 Å². The van der Waals surface area contributed by atoms with E-state index in [1.165, 1.54) is 0 Å². The zero-order valence-electron chi connectivity index (χ0n) is 20.7. The first kappa shape index (κ1) is 24.9. The summed E-state index contributed by atoms with van der Waals surface area (Å²) in [6.45, 7) is 2.12. The van der Waals surface area contributed by atoms with Gasteiger partial charge in [-0.2, -0.15) is 0 Å². The van der Waals surface area contributed by atoms with Crippen LogP contribution in [0.1, 0.15) is 87.9 Å². The predicted molar refractivity (Wildman–Crippen MR) is 137 cm³/mol. The van der Waals surface area contributed by atoms with E-state index in [9.17, 15) is 19.8 Å². The van der Waals surface area contributed by atoms with Gasteiger partial charge in [0.1, 0.15) is 10.8 Å². The van der Waals surface area contributed by atoms with Crippen LogP contribution in [0.4, 0.5) is 5.82 Å². The molecule has 1 heterocycles. The topological polar surface area (TPSA) is 112 Å². The number of carboxylic acids is 1. The van der Waals surface area contributed by atoms with Gasteiger partial charge in [-0.1, -0.05) is 6.92 Å². The highest BCUT2D eigenvalue weighted by Crippen LogP contribution is 2.55. The Kier molecular flexibility index (Phi) is 7.31. The van der Waals surface area contributed by atoms with Gasteiger partial charge in [0.05, 0.1) is 17.1 Å². The second-order valence-electron chi connectivity index (χ2n) is 11.4. The Balaban J connectivity index is 1.26. The number of hydrogen-bond donors (Lipinski definition) is 4. The number of hydrogen-bond acceptors (Lipinski definition) is 6. The normalized spacial score (nSPS) is 35.9. The maximum absolute atomic E-state index is 13.4. The van der Waals surface area contributed by atoms with Crippen molar-refractivity contribution in [3.05, 3.63) is 17.7 Å². The summed E-state index contributed by atoms with van der Waals surface area (Å²) >= 11 is 1.62. The molecule has 4 aliphatic rings. The van der Waals surface area contributed by atoms with Crippen LogP contribution in [0.3, 0.4) is 0 Å². The molecule has 5 rings (SSSR count). The summed E-state index contributed by atoms with van der Waals surface area (Å²) < 4.78 is 0. The molecule has 35 heavy (non-hydrogen) atoms. The van der Waals surface area contributed by atoms with Crippen LogP contribution in [0.5, 0.6) is 0 Å². The zero-order valence-corrected chi connectivity index (χ0v) is 21.5. The predicted octanol–water partition coefficient (Wildman–Crippen LogP) is 4.70. The maximum Gasteiger partial charge on any atom is 0.306 e. The number of carbonyl (C=O) groups is 2. The quantitative estimate of drug-likeness (QED) is 0.382. The van der Waals surface area contributed by atoms with Crippen LogP contribution >= 0.6 is 11.8 Å². The third-order valence-corrected chi connectivity index (χ3v) is 10.1. The van der Waals surface area contributed by atoms with E-state index in [1.807, 2.05) is 12.1 Å². The van der Waals surface area contributed by atoms with Crippen LogP contribution in [0.25, 0.3) is 0 Å². The number of fused-ring (bicyclic) bond motifs is 2. The number of anilines is 1. The first-order chi connectivity index (χ1) is 16.8. The zero-order chi connectivity index (χ0) is 24.6. The third-order valence-electron chi connectivity index (χ3n) is 8.91. The van der Waals surface area contributed by atoms with Gasteiger partial charge in [0.25, 0.3) is 5.91 Å². The first-order valence-corrected chi connectivity index (χ1v) is 14.5. The number of rotatable bonds is 8. The van der Waals surface area contributed by atoms with E-state index in [1.54, 1.807) is 11.8 Å². The number of thioether (sulfide) groups is 1. The Morgan fingerprint density at radius 1 is 1.06 bits per heavy atom. The molecular formula is C27H39N3O4S. The van der Waals surface area contributed by atoms with Crippen LogP contribution in [0, 0.1) is 23.7 Å². The smallest absolute Gasteiger partial charge is 0.306 e. The van der Waals surface area contributed by atoms with Gasteiger partial charge in [-0.25, -0.2) is 4.98 Å². The van der Waals surface area contributed by atoms with E-state index in [2.05, 4.69) is 17.6 Å². The van der Waals surface area contributed by atoms with E-state index in [-0.39, 0.29) is 23.9 Å². The molecule has 4 fully saturated rings. The number of aliphatic hydroxyl groups is 1. The van der Waals surface area contributed by atoms with E-state index in [4.69, 9.17) is 4.98 Å². The van der Waals surface area contributed by atoms with Crippen molar-refractivity contribution >= 4 is 29.5 Å². The lowest BCUT2D eigenvalue weighted by Crippen LogP contribution is -2.45. The molecule has 3 bridgehead atoms. The monoisotopic (exact) mass is 501 g/mol. The van der Waals surface area contributed by atoms with Crippen molar-refractivity contribution in [3.63, 3.8) is 0 Å². The van der Waals surface area contributed by atoms with Crippen LogP contribution in [0.2, 0.25) is 0 Å². The van der Waals surface area contributed by atoms with Gasteiger partial charge in [0.15, 0.2) is 0 Å². The van der Waals surface area contributed by atoms with Crippen molar-refractivity contribution in [2.45, 2.75) is 100 Å². The second kappa shape index (κ2) is 10.3. The molecule has 0 spiro atoms. The van der Waals surface area contributed by atoms with Gasteiger partial charge >= 0.3 is 5.97 Å². The number of pyridine rings is 1. The van der Waals surface area contributed by atoms with Gasteiger partial charge in [0.2, 0.25) is 0 Å². The minimum Gasteiger partial charge on any atom is -0.481 e. The van der Waals surface area contributed by atoms with Crippen LogP contribution in [0.15, 0.2) is 17.2 Å². The molecule has 5 atom stereocenters. The number of amides is 1. The molecule has 0 saturated heterocycles. The first-order valence-electron chi connectivity index (χ1n) is 13.5. The number of aromatic nitrogens is 1. The number of carbonyl (C=O) groups excluding carboxylic acids is 1. The number of aliphatic carboxylic acids is 1. The summed E-state index contributed by atoms with van der Waals surface area (Å²) in [5, 5.41) is 27.8. The molecule has 4 unspecified atom stereocenters. The number of carboxylic acid groups (broad SMARTS) is 1. The lowest BCUT2D eigenvalue weighted by atomic mass is 9.75. The molecule has 0 aromatic carbocycles. The maximum atomic E-state index is 13.4. The minimum atomic E-state index is -0.696. The fourth-order valence-electron chi connectivity index (χ4n) is 7.20. The summed E-state index contributed by atoms with van der Waals surface area (Å²) in [6.07, 6.45) is 9.92. The summed E-state index contributed by atoms with van der Waals surface area (Å²) in [5.74, 6) is 2.25. The third kappa shape index (κ3) is 5.48. The summed E-state index contributed by atoms with van der Waals surface area (Å²) in [5.41, 5.74) is 0.117. The number of nitrogens with one attached hydrogen (secondary N) is 2. The standard InChI is InChI=1S/C27H39N3O4S/c1-2-11-35-25-21(8-10-23(30-25)28-20-6-3-16(4-7-20)26(32)33)24(31)29-22-9-5-17-13-27(34)14-18(17)12-19(22)15-27/h8,10,16-20,22,34H,2-7,9,11-15H2,1H3,(H,28,30)(H,29,31)(H,32,33)/t16?,17?,18?,19?,20?,22?,27-/m1/s1. The minimum absolute atomic E-state index is 0.0562. The van der Waals surface area contributed by atoms with Gasteiger partial charge in [-0.15, -0.1) is 11.8 Å². The summed E-state index contributed by atoms with van der Waals surface area (Å²) in [4.78, 5) is 29.5. The summed E-state index contributed by atoms with van der Waals surface area (Å²) in [6, 6.07) is 4.10. The number of nitrogens with zero attached hydrogens (tertiary/aromatic N) is 1. The Bertz CT molecular complexity index is 950. The van der Waals surface area contributed by atoms with Gasteiger partial charge in [-0.3, -0.25) is 9.59 Å². The molecule has 0 aliphatic heterocycles. The highest BCUT2D eigenvalue weighted by atomic mass is 32.2. The van der Waals surface area contributed by atoms with Crippen molar-refractivity contribution < 1.29 is 19.8 Å². The SMILES string of the molecule is CCCSc1nc(NC2CCC(C(=O)O)CC2)ccc1C(=O)NC1CCC2C[C@@]3(O)CC2CC1C3. The molecule has 0 radical (unpaired) electrons. The van der Waals surface area contributed by atoms with E-state index in [0.717, 1.165) is 74.4 Å². The van der Waals surface area contributed by atoms with Crippen molar-refractivity contribution in [2.24, 2.45) is 23.7 Å². The molecule has 1 aromatic heterocycles. The van der Waals surface area contributed by atoms with E-state index < -0.39 is 11.6 Å². The molecule has 1 aromatic rings. The van der Waals surface area contributed by atoms with Crippen LogP contribution in [-0.2, 0) is 4.79 Å². The lowest BCUT2D eigenvalue weighted by Gasteiger charge is -2.38. The molecular weight excluding hydrogens is 462 g/mol. The van der Waals surface area contributed by atoms with Crippen molar-refractivity contribution in [1.82, 2.24) is 10.3 Å². The Morgan fingerprint density at radius 3 is 2.54 bits per heavy atom. The fraction of sp³-hybridized carbons (Fsp3) is 0.741. The van der Waals surface area contributed by atoms with E-state index in [0.29, 0.717) is 36.2 Å². The Labute approximate surface area is 212 Å². The fourth-order valence-corrected chi connectivity index (χ4v) is 8.08. The molecule has 4 saturated carbocycles. The van der Waals surface area contributed by atoms with Crippen LogP contribution in [-0.4, -0.2) is 50.5 Å². The average molecular weight is 502 g/mol. The highest BCUT2D eigenvalue weighted by molar-refractivity contribution is 7.99. The van der Waals surface area contributed by atoms with Gasteiger partial charge in [0, 0.05) is 12.1 Å². The molecule has 192 valence electrons. The lowest BCUT2D eigenvalue weighted by molar-refractivity contribution is -0.142. The Morgan fingerprint density at radius 2 is 1.80 bits per heavy atom. The molecule has 7 nitrogen and oxygen atoms in total. The van der Waals surface area contributed by atoms with Crippen LogP contribution < -0.4 is 10.6 Å². The summed E-state index contributed by atoms with van der Waals surface area (Å²) in [7, 11) is 0. The molecule has 4 aliphatic carbocycles. The molecule has 8 heteroatoms. The highest BCUT2D eigenvalue weighted by Gasteiger charge is 2.53. The van der Waals surface area contributed by atoms with Gasteiger partial charge < -0.3 is 20.8 Å². The van der Waals surface area contributed by atoms with Crippen molar-refractivity contribution in [3.8, 4) is 0 Å². The second-order valence-corrected chi connectivity index (χ2v) is 12.5. The van der Waals surface area contributed by atoms with E-state index >= 15 is 0 Å². The van der Waals surface area contributed by atoms with Gasteiger partial charge in [-0.05, 0) is 106 Å². The molecule has 4 N–H and O–H groups in total. The molecule has 1 amide bonds.